The van der Waals surface area contributed by atoms with E-state index in [-0.39, 0.29) is 5.91 Å². The van der Waals surface area contributed by atoms with Crippen molar-refractivity contribution in [2.24, 2.45) is 0 Å². The summed E-state index contributed by atoms with van der Waals surface area (Å²) in [6, 6.07) is 1.85. The minimum atomic E-state index is -0.0313. The molecule has 4 nitrogen and oxygen atoms in total. The van der Waals surface area contributed by atoms with Gasteiger partial charge in [-0.1, -0.05) is 5.16 Å². The van der Waals surface area contributed by atoms with Crippen molar-refractivity contribution in [1.82, 2.24) is 10.5 Å². The number of hydrogen-bond acceptors (Lipinski definition) is 3. The van der Waals surface area contributed by atoms with Gasteiger partial charge in [0.2, 0.25) is 5.91 Å². The van der Waals surface area contributed by atoms with Crippen molar-refractivity contribution < 1.29 is 9.32 Å². The van der Waals surface area contributed by atoms with E-state index in [0.29, 0.717) is 25.3 Å². The summed E-state index contributed by atoms with van der Waals surface area (Å²) in [6.07, 6.45) is 1.02. The molecule has 0 saturated carbocycles. The van der Waals surface area contributed by atoms with Crippen LogP contribution in [0, 0.1) is 6.92 Å². The van der Waals surface area contributed by atoms with E-state index in [4.69, 9.17) is 16.1 Å². The molecule has 0 saturated heterocycles. The number of amides is 1. The number of hydrogen-bond donors (Lipinski definition) is 1. The van der Waals surface area contributed by atoms with Crippen LogP contribution < -0.4 is 5.32 Å². The molecule has 0 aromatic carbocycles. The van der Waals surface area contributed by atoms with E-state index in [0.717, 1.165) is 11.5 Å². The number of nitrogens with zero attached hydrogens (tertiary/aromatic N) is 1. The molecule has 1 heterocycles. The van der Waals surface area contributed by atoms with E-state index < -0.39 is 0 Å². The first-order valence-electron chi connectivity index (χ1n) is 4.47. The van der Waals surface area contributed by atoms with Crippen LogP contribution in [-0.4, -0.2) is 23.5 Å². The van der Waals surface area contributed by atoms with Crippen molar-refractivity contribution in [3.63, 3.8) is 0 Å². The minimum Gasteiger partial charge on any atom is -0.361 e. The number of carbonyl (C=O) groups is 1. The summed E-state index contributed by atoms with van der Waals surface area (Å²) in [5.41, 5.74) is 0.854. The van der Waals surface area contributed by atoms with Crippen LogP contribution in [0.1, 0.15) is 17.9 Å². The fourth-order valence-electron chi connectivity index (χ4n) is 1.03. The maximum atomic E-state index is 11.0. The molecule has 14 heavy (non-hydrogen) atoms. The van der Waals surface area contributed by atoms with E-state index in [1.165, 1.54) is 0 Å². The molecule has 1 aromatic heterocycles. The fraction of sp³-hybridized carbons (Fsp3) is 0.556. The molecular weight excluding hydrogens is 204 g/mol. The molecule has 0 unspecified atom stereocenters. The molecule has 0 aliphatic rings. The maximum absolute atomic E-state index is 11.0. The van der Waals surface area contributed by atoms with Gasteiger partial charge < -0.3 is 9.84 Å². The Balaban J connectivity index is 2.18. The Bertz CT molecular complexity index is 299. The summed E-state index contributed by atoms with van der Waals surface area (Å²) in [5.74, 6) is 1.11. The largest absolute Gasteiger partial charge is 0.361 e. The van der Waals surface area contributed by atoms with Gasteiger partial charge in [-0.15, -0.1) is 11.6 Å². The molecule has 0 atom stereocenters. The van der Waals surface area contributed by atoms with Gasteiger partial charge in [0.15, 0.2) is 0 Å². The highest BCUT2D eigenvalue weighted by Crippen LogP contribution is 2.01. The number of nitrogens with one attached hydrogen (secondary N) is 1. The van der Waals surface area contributed by atoms with Gasteiger partial charge in [-0.25, -0.2) is 0 Å². The lowest BCUT2D eigenvalue weighted by atomic mass is 10.3. The van der Waals surface area contributed by atoms with Crippen LogP contribution in [-0.2, 0) is 11.2 Å². The average molecular weight is 217 g/mol. The number of alkyl halides is 1. The second-order valence-electron chi connectivity index (χ2n) is 2.97. The first-order valence-corrected chi connectivity index (χ1v) is 5.00. The van der Waals surface area contributed by atoms with E-state index in [2.05, 4.69) is 10.5 Å². The van der Waals surface area contributed by atoms with Gasteiger partial charge in [0, 0.05) is 31.3 Å². The standard InChI is InChI=1S/C9H13ClN2O2/c1-7-6-8(14-12-7)3-5-11-9(13)2-4-10/h6H,2-5H2,1H3,(H,11,13). The number of aromatic nitrogens is 1. The third-order valence-corrected chi connectivity index (χ3v) is 1.88. The minimum absolute atomic E-state index is 0.0313. The van der Waals surface area contributed by atoms with Crippen LogP contribution >= 0.6 is 11.6 Å². The molecule has 5 heteroatoms. The highest BCUT2D eigenvalue weighted by Gasteiger charge is 2.02. The summed E-state index contributed by atoms with van der Waals surface area (Å²) < 4.78 is 4.98. The van der Waals surface area contributed by atoms with Gasteiger partial charge in [-0.3, -0.25) is 4.79 Å². The van der Waals surface area contributed by atoms with Gasteiger partial charge in [0.1, 0.15) is 5.76 Å². The second kappa shape index (κ2) is 5.65. The Labute approximate surface area is 87.6 Å². The Hall–Kier alpha value is -1.03. The fourth-order valence-corrected chi connectivity index (χ4v) is 1.21. The molecule has 0 spiro atoms. The van der Waals surface area contributed by atoms with E-state index in [1.807, 2.05) is 13.0 Å². The van der Waals surface area contributed by atoms with E-state index in [9.17, 15) is 4.79 Å². The quantitative estimate of drug-likeness (QED) is 0.755. The van der Waals surface area contributed by atoms with Gasteiger partial charge in [-0.2, -0.15) is 0 Å². The van der Waals surface area contributed by atoms with E-state index >= 15 is 0 Å². The van der Waals surface area contributed by atoms with Crippen LogP contribution in [0.2, 0.25) is 0 Å². The Kier molecular flexibility index (Phi) is 4.46. The molecule has 1 rings (SSSR count). The number of rotatable bonds is 5. The Morgan fingerprint density at radius 3 is 3.07 bits per heavy atom. The van der Waals surface area contributed by atoms with Crippen molar-refractivity contribution in [3.8, 4) is 0 Å². The number of carbonyl (C=O) groups excluding carboxylic acids is 1. The lowest BCUT2D eigenvalue weighted by molar-refractivity contribution is -0.120. The smallest absolute Gasteiger partial charge is 0.221 e. The average Bonchev–Trinajstić information content (AvgIpc) is 2.52. The zero-order chi connectivity index (χ0) is 10.4. The van der Waals surface area contributed by atoms with Crippen LogP contribution in [0.4, 0.5) is 0 Å². The van der Waals surface area contributed by atoms with Crippen molar-refractivity contribution in [1.29, 1.82) is 0 Å². The SMILES string of the molecule is Cc1cc(CCNC(=O)CCCl)on1. The molecule has 1 N–H and O–H groups in total. The van der Waals surface area contributed by atoms with Gasteiger partial charge in [-0.05, 0) is 6.92 Å². The molecule has 0 fully saturated rings. The first kappa shape index (κ1) is 11.0. The van der Waals surface area contributed by atoms with Crippen molar-refractivity contribution in [2.75, 3.05) is 12.4 Å². The topological polar surface area (TPSA) is 55.1 Å². The summed E-state index contributed by atoms with van der Waals surface area (Å²) in [4.78, 5) is 11.0. The third-order valence-electron chi connectivity index (χ3n) is 1.69. The summed E-state index contributed by atoms with van der Waals surface area (Å²) >= 11 is 5.41. The van der Waals surface area contributed by atoms with Gasteiger partial charge >= 0.3 is 0 Å². The molecule has 1 aromatic rings. The van der Waals surface area contributed by atoms with Crippen LogP contribution in [0.25, 0.3) is 0 Å². The highest BCUT2D eigenvalue weighted by molar-refractivity contribution is 6.18. The van der Waals surface area contributed by atoms with Crippen LogP contribution in [0.5, 0.6) is 0 Å². The zero-order valence-corrected chi connectivity index (χ0v) is 8.80. The summed E-state index contributed by atoms with van der Waals surface area (Å²) in [7, 11) is 0. The van der Waals surface area contributed by atoms with Crippen molar-refractivity contribution in [3.05, 3.63) is 17.5 Å². The highest BCUT2D eigenvalue weighted by atomic mass is 35.5. The van der Waals surface area contributed by atoms with E-state index in [1.54, 1.807) is 0 Å². The van der Waals surface area contributed by atoms with Crippen LogP contribution in [0.15, 0.2) is 10.6 Å². The van der Waals surface area contributed by atoms with Crippen molar-refractivity contribution >= 4 is 17.5 Å². The van der Waals surface area contributed by atoms with Gasteiger partial charge in [0.05, 0.1) is 5.69 Å². The second-order valence-corrected chi connectivity index (χ2v) is 3.35. The first-order chi connectivity index (χ1) is 6.72. The molecule has 0 bridgehead atoms. The van der Waals surface area contributed by atoms with Crippen LogP contribution in [0.3, 0.4) is 0 Å². The molecular formula is C9H13ClN2O2. The molecule has 0 aliphatic heterocycles. The normalized spacial score (nSPS) is 10.1. The monoisotopic (exact) mass is 216 g/mol. The third kappa shape index (κ3) is 3.79. The lowest BCUT2D eigenvalue weighted by Gasteiger charge is -2.00. The summed E-state index contributed by atoms with van der Waals surface area (Å²) in [5, 5.41) is 6.47. The Morgan fingerprint density at radius 1 is 1.71 bits per heavy atom. The maximum Gasteiger partial charge on any atom is 0.221 e. The zero-order valence-electron chi connectivity index (χ0n) is 8.05. The molecule has 0 aliphatic carbocycles. The predicted octanol–water partition coefficient (Wildman–Crippen LogP) is 1.27. The molecule has 1 amide bonds. The Morgan fingerprint density at radius 2 is 2.50 bits per heavy atom. The molecule has 78 valence electrons. The van der Waals surface area contributed by atoms with Crippen molar-refractivity contribution in [2.45, 2.75) is 19.8 Å². The molecule has 0 radical (unpaired) electrons. The lowest BCUT2D eigenvalue weighted by Crippen LogP contribution is -2.25. The predicted molar refractivity (Wildman–Crippen MR) is 53.3 cm³/mol. The van der Waals surface area contributed by atoms with Gasteiger partial charge in [0.25, 0.3) is 0 Å². The summed E-state index contributed by atoms with van der Waals surface area (Å²) in [6.45, 7) is 2.42. The number of aryl methyl sites for hydroxylation is 1. The number of halogens is 1.